The van der Waals surface area contributed by atoms with Crippen molar-refractivity contribution in [1.29, 1.82) is 0 Å². The van der Waals surface area contributed by atoms with Crippen LogP contribution in [0.2, 0.25) is 0 Å². The van der Waals surface area contributed by atoms with Gasteiger partial charge in [-0.1, -0.05) is 0 Å². The maximum atomic E-state index is 11.1. The molecule has 1 aliphatic heterocycles. The highest BCUT2D eigenvalue weighted by molar-refractivity contribution is 5.57. The van der Waals surface area contributed by atoms with Crippen LogP contribution in [0.5, 0.6) is 0 Å². The van der Waals surface area contributed by atoms with Crippen molar-refractivity contribution in [2.24, 2.45) is 0 Å². The predicted octanol–water partition coefficient (Wildman–Crippen LogP) is 2.15. The summed E-state index contributed by atoms with van der Waals surface area (Å²) in [4.78, 5) is 15.7. The highest BCUT2D eigenvalue weighted by Crippen LogP contribution is 2.42. The molecule has 1 unspecified atom stereocenters. The maximum Gasteiger partial charge on any atom is 0.142 e. The molecule has 3 nitrogen and oxygen atoms in total. The summed E-state index contributed by atoms with van der Waals surface area (Å²) >= 11 is 0. The molecule has 0 aromatic carbocycles. The molecule has 1 aromatic heterocycles. The number of nitrogens with zero attached hydrogens (tertiary/aromatic N) is 2. The van der Waals surface area contributed by atoms with E-state index in [9.17, 15) is 4.79 Å². The number of hydrogen-bond acceptors (Lipinski definition) is 2. The summed E-state index contributed by atoms with van der Waals surface area (Å²) in [5.74, 6) is 1.82. The molecule has 0 saturated heterocycles. The number of imidazole rings is 1. The Morgan fingerprint density at radius 2 is 2.20 bits per heavy atom. The SMILES string of the molecule is Cc1nc(C2CC2)n2c1CCCC2C=O. The standard InChI is InChI=1S/C12H16N2O/c1-8-11-4-2-3-10(7-15)14(11)12(13-8)9-5-6-9/h7,9-10H,2-6H2,1H3. The molecule has 1 saturated carbocycles. The summed E-state index contributed by atoms with van der Waals surface area (Å²) in [7, 11) is 0. The van der Waals surface area contributed by atoms with Crippen LogP contribution in [-0.2, 0) is 11.2 Å². The number of aryl methyl sites for hydroxylation is 1. The lowest BCUT2D eigenvalue weighted by Gasteiger charge is -2.23. The normalized spacial score (nSPS) is 25.0. The van der Waals surface area contributed by atoms with Crippen molar-refractivity contribution in [2.45, 2.75) is 51.0 Å². The fourth-order valence-electron chi connectivity index (χ4n) is 2.64. The highest BCUT2D eigenvalue weighted by atomic mass is 16.1. The quantitative estimate of drug-likeness (QED) is 0.692. The molecule has 2 aliphatic rings. The topological polar surface area (TPSA) is 34.9 Å². The Balaban J connectivity index is 2.12. The van der Waals surface area contributed by atoms with Gasteiger partial charge in [0.1, 0.15) is 12.1 Å². The van der Waals surface area contributed by atoms with Crippen LogP contribution in [0.25, 0.3) is 0 Å². The van der Waals surface area contributed by atoms with Crippen molar-refractivity contribution >= 4 is 6.29 Å². The number of rotatable bonds is 2. The van der Waals surface area contributed by atoms with E-state index in [0.717, 1.165) is 31.2 Å². The molecular weight excluding hydrogens is 188 g/mol. The van der Waals surface area contributed by atoms with Crippen molar-refractivity contribution < 1.29 is 4.79 Å². The summed E-state index contributed by atoms with van der Waals surface area (Å²) < 4.78 is 2.23. The largest absolute Gasteiger partial charge is 0.321 e. The lowest BCUT2D eigenvalue weighted by atomic mass is 10.0. The van der Waals surface area contributed by atoms with Gasteiger partial charge in [0.15, 0.2) is 0 Å². The third-order valence-corrected chi connectivity index (χ3v) is 3.58. The maximum absolute atomic E-state index is 11.1. The highest BCUT2D eigenvalue weighted by Gasteiger charge is 2.33. The van der Waals surface area contributed by atoms with Crippen LogP contribution in [-0.4, -0.2) is 15.8 Å². The molecule has 3 heteroatoms. The number of fused-ring (bicyclic) bond motifs is 1. The minimum absolute atomic E-state index is 0.0607. The van der Waals surface area contributed by atoms with Crippen molar-refractivity contribution in [3.8, 4) is 0 Å². The second-order valence-electron chi connectivity index (χ2n) is 4.74. The van der Waals surface area contributed by atoms with E-state index in [1.165, 1.54) is 24.4 Å². The summed E-state index contributed by atoms with van der Waals surface area (Å²) in [5.41, 5.74) is 2.45. The fraction of sp³-hybridized carbons (Fsp3) is 0.667. The number of aldehydes is 1. The average Bonchev–Trinajstić information content (AvgIpc) is 3.04. The van der Waals surface area contributed by atoms with Crippen molar-refractivity contribution in [3.63, 3.8) is 0 Å². The first kappa shape index (κ1) is 9.13. The molecule has 0 spiro atoms. The van der Waals surface area contributed by atoms with Gasteiger partial charge in [-0.05, 0) is 39.0 Å². The van der Waals surface area contributed by atoms with Crippen LogP contribution in [0.1, 0.15) is 54.9 Å². The molecule has 0 N–H and O–H groups in total. The molecule has 0 amide bonds. The van der Waals surface area contributed by atoms with Gasteiger partial charge in [0, 0.05) is 11.6 Å². The van der Waals surface area contributed by atoms with Gasteiger partial charge in [-0.15, -0.1) is 0 Å². The van der Waals surface area contributed by atoms with E-state index in [1.54, 1.807) is 0 Å². The zero-order chi connectivity index (χ0) is 10.4. The minimum Gasteiger partial charge on any atom is -0.321 e. The van der Waals surface area contributed by atoms with Gasteiger partial charge in [-0.2, -0.15) is 0 Å². The fourth-order valence-corrected chi connectivity index (χ4v) is 2.64. The lowest BCUT2D eigenvalue weighted by Crippen LogP contribution is -2.20. The summed E-state index contributed by atoms with van der Waals surface area (Å²) in [6.45, 7) is 2.07. The molecule has 2 heterocycles. The third kappa shape index (κ3) is 1.33. The van der Waals surface area contributed by atoms with Crippen LogP contribution >= 0.6 is 0 Å². The molecule has 1 aromatic rings. The lowest BCUT2D eigenvalue weighted by molar-refractivity contribution is -0.111. The Bertz CT molecular complexity index is 404. The van der Waals surface area contributed by atoms with E-state index >= 15 is 0 Å². The molecule has 1 aliphatic carbocycles. The van der Waals surface area contributed by atoms with E-state index in [1.807, 2.05) is 0 Å². The Hall–Kier alpha value is -1.12. The number of aromatic nitrogens is 2. The van der Waals surface area contributed by atoms with Crippen molar-refractivity contribution in [1.82, 2.24) is 9.55 Å². The summed E-state index contributed by atoms with van der Waals surface area (Å²) in [6, 6.07) is 0.0607. The Morgan fingerprint density at radius 1 is 1.40 bits per heavy atom. The smallest absolute Gasteiger partial charge is 0.142 e. The molecule has 0 bridgehead atoms. The zero-order valence-corrected chi connectivity index (χ0v) is 9.07. The van der Waals surface area contributed by atoms with Crippen molar-refractivity contribution in [2.75, 3.05) is 0 Å². The Morgan fingerprint density at radius 3 is 2.87 bits per heavy atom. The van der Waals surface area contributed by atoms with E-state index < -0.39 is 0 Å². The first-order valence-corrected chi connectivity index (χ1v) is 5.84. The Kier molecular flexibility index (Phi) is 1.94. The number of carbonyl (C=O) groups is 1. The first-order chi connectivity index (χ1) is 7.31. The zero-order valence-electron chi connectivity index (χ0n) is 9.07. The predicted molar refractivity (Wildman–Crippen MR) is 57.0 cm³/mol. The van der Waals surface area contributed by atoms with Crippen molar-refractivity contribution in [3.05, 3.63) is 17.2 Å². The van der Waals surface area contributed by atoms with Crippen LogP contribution in [0, 0.1) is 6.92 Å². The van der Waals surface area contributed by atoms with Gasteiger partial charge in [0.2, 0.25) is 0 Å². The minimum atomic E-state index is 0.0607. The molecule has 1 fully saturated rings. The van der Waals surface area contributed by atoms with Gasteiger partial charge in [0.25, 0.3) is 0 Å². The van der Waals surface area contributed by atoms with E-state index in [-0.39, 0.29) is 6.04 Å². The van der Waals surface area contributed by atoms with Crippen LogP contribution < -0.4 is 0 Å². The average molecular weight is 204 g/mol. The van der Waals surface area contributed by atoms with Gasteiger partial charge in [-0.3, -0.25) is 0 Å². The van der Waals surface area contributed by atoms with Crippen LogP contribution in [0.15, 0.2) is 0 Å². The van der Waals surface area contributed by atoms with Gasteiger partial charge in [0.05, 0.1) is 11.7 Å². The monoisotopic (exact) mass is 204 g/mol. The summed E-state index contributed by atoms with van der Waals surface area (Å²) in [5, 5.41) is 0. The van der Waals surface area contributed by atoms with Crippen LogP contribution in [0.4, 0.5) is 0 Å². The number of carbonyl (C=O) groups excluding carboxylic acids is 1. The second kappa shape index (κ2) is 3.19. The van der Waals surface area contributed by atoms with E-state index in [0.29, 0.717) is 5.92 Å². The second-order valence-corrected chi connectivity index (χ2v) is 4.74. The molecule has 3 rings (SSSR count). The third-order valence-electron chi connectivity index (χ3n) is 3.58. The summed E-state index contributed by atoms with van der Waals surface area (Å²) in [6.07, 6.45) is 6.81. The molecular formula is C12H16N2O. The molecule has 1 atom stereocenters. The molecule has 80 valence electrons. The molecule has 0 radical (unpaired) electrons. The Labute approximate surface area is 89.5 Å². The van der Waals surface area contributed by atoms with Crippen LogP contribution in [0.3, 0.4) is 0 Å². The number of hydrogen-bond donors (Lipinski definition) is 0. The van der Waals surface area contributed by atoms with E-state index in [2.05, 4.69) is 16.5 Å². The van der Waals surface area contributed by atoms with E-state index in [4.69, 9.17) is 0 Å². The first-order valence-electron chi connectivity index (χ1n) is 5.84. The van der Waals surface area contributed by atoms with Gasteiger partial charge in [-0.25, -0.2) is 4.98 Å². The van der Waals surface area contributed by atoms with Gasteiger partial charge < -0.3 is 9.36 Å². The van der Waals surface area contributed by atoms with Gasteiger partial charge >= 0.3 is 0 Å². The molecule has 15 heavy (non-hydrogen) atoms.